The Kier molecular flexibility index (Phi) is 3.97. The van der Waals surface area contributed by atoms with Crippen LogP contribution in [0.4, 0.5) is 4.39 Å². The van der Waals surface area contributed by atoms with Crippen LogP contribution in [-0.4, -0.2) is 26.1 Å². The molecule has 0 radical (unpaired) electrons. The predicted molar refractivity (Wildman–Crippen MR) is 83.6 cm³/mol. The first-order valence-electron chi connectivity index (χ1n) is 6.83. The highest BCUT2D eigenvalue weighted by Crippen LogP contribution is 2.16. The zero-order valence-corrected chi connectivity index (χ0v) is 11.9. The Morgan fingerprint density at radius 3 is 2.39 bits per heavy atom. The molecule has 3 aromatic rings. The normalized spacial score (nSPS) is 11.0. The summed E-state index contributed by atoms with van der Waals surface area (Å²) in [6.07, 6.45) is 3.29. The van der Waals surface area contributed by atoms with Gasteiger partial charge in [0.2, 0.25) is 0 Å². The standard InChI is InChI=1S/C17H12FN3O2/c18-13-9-6-12(7-10-13)8-11-15-16(17(22)23)19-20-21(15)14-4-2-1-3-5-14/h1-11H,(H,22,23)/b11-8+. The molecule has 0 fully saturated rings. The highest BCUT2D eigenvalue weighted by Gasteiger charge is 2.17. The van der Waals surface area contributed by atoms with Crippen molar-refractivity contribution in [3.63, 3.8) is 0 Å². The van der Waals surface area contributed by atoms with Crippen molar-refractivity contribution in [2.75, 3.05) is 0 Å². The molecule has 0 aliphatic heterocycles. The number of carboxylic acids is 1. The molecule has 0 aliphatic carbocycles. The maximum absolute atomic E-state index is 12.9. The van der Waals surface area contributed by atoms with Crippen LogP contribution in [0.2, 0.25) is 0 Å². The van der Waals surface area contributed by atoms with E-state index < -0.39 is 5.97 Å². The number of aromatic nitrogens is 3. The Morgan fingerprint density at radius 1 is 1.04 bits per heavy atom. The Bertz CT molecular complexity index is 855. The topological polar surface area (TPSA) is 68.0 Å². The fourth-order valence-electron chi connectivity index (χ4n) is 2.10. The molecule has 0 atom stereocenters. The lowest BCUT2D eigenvalue weighted by Crippen LogP contribution is -2.02. The molecule has 0 saturated carbocycles. The van der Waals surface area contributed by atoms with E-state index in [0.717, 1.165) is 5.56 Å². The first-order chi connectivity index (χ1) is 11.1. The van der Waals surface area contributed by atoms with Crippen LogP contribution in [0.3, 0.4) is 0 Å². The average Bonchev–Trinajstić information content (AvgIpc) is 2.99. The lowest BCUT2D eigenvalue weighted by Gasteiger charge is -2.03. The van der Waals surface area contributed by atoms with Crippen molar-refractivity contribution in [1.82, 2.24) is 15.0 Å². The summed E-state index contributed by atoms with van der Waals surface area (Å²) in [5.74, 6) is -1.49. The molecule has 0 aliphatic rings. The molecule has 1 heterocycles. The monoisotopic (exact) mass is 309 g/mol. The van der Waals surface area contributed by atoms with Gasteiger partial charge in [-0.05, 0) is 35.9 Å². The van der Waals surface area contributed by atoms with E-state index in [-0.39, 0.29) is 11.5 Å². The largest absolute Gasteiger partial charge is 0.476 e. The summed E-state index contributed by atoms with van der Waals surface area (Å²) >= 11 is 0. The maximum atomic E-state index is 12.9. The van der Waals surface area contributed by atoms with E-state index in [1.54, 1.807) is 36.4 Å². The summed E-state index contributed by atoms with van der Waals surface area (Å²) in [6, 6.07) is 15.0. The van der Waals surface area contributed by atoms with Gasteiger partial charge in [0, 0.05) is 0 Å². The number of rotatable bonds is 4. The van der Waals surface area contributed by atoms with Crippen LogP contribution in [-0.2, 0) is 0 Å². The van der Waals surface area contributed by atoms with Crippen LogP contribution >= 0.6 is 0 Å². The number of carbonyl (C=O) groups is 1. The van der Waals surface area contributed by atoms with Gasteiger partial charge in [-0.1, -0.05) is 41.6 Å². The van der Waals surface area contributed by atoms with Crippen LogP contribution in [0.5, 0.6) is 0 Å². The Labute approximate surface area is 131 Å². The molecule has 6 heteroatoms. The Balaban J connectivity index is 2.04. The number of hydrogen-bond acceptors (Lipinski definition) is 3. The number of carboxylic acid groups (broad SMARTS) is 1. The van der Waals surface area contributed by atoms with E-state index in [2.05, 4.69) is 10.3 Å². The molecular weight excluding hydrogens is 297 g/mol. The fraction of sp³-hybridized carbons (Fsp3) is 0. The van der Waals surface area contributed by atoms with Gasteiger partial charge < -0.3 is 5.11 Å². The van der Waals surface area contributed by atoms with E-state index in [0.29, 0.717) is 11.4 Å². The summed E-state index contributed by atoms with van der Waals surface area (Å²) in [7, 11) is 0. The van der Waals surface area contributed by atoms with Crippen molar-refractivity contribution in [2.45, 2.75) is 0 Å². The number of hydrogen-bond donors (Lipinski definition) is 1. The minimum absolute atomic E-state index is 0.146. The van der Waals surface area contributed by atoms with Crippen molar-refractivity contribution in [2.24, 2.45) is 0 Å². The van der Waals surface area contributed by atoms with Crippen LogP contribution in [0.25, 0.3) is 17.8 Å². The zero-order valence-electron chi connectivity index (χ0n) is 11.9. The van der Waals surface area contributed by atoms with Crippen molar-refractivity contribution in [3.8, 4) is 5.69 Å². The number of halogens is 1. The summed E-state index contributed by atoms with van der Waals surface area (Å²) in [4.78, 5) is 11.3. The second-order valence-electron chi connectivity index (χ2n) is 4.76. The molecule has 5 nitrogen and oxygen atoms in total. The Hall–Kier alpha value is -3.28. The SMILES string of the molecule is O=C(O)c1nnn(-c2ccccc2)c1/C=C/c1ccc(F)cc1. The summed E-state index contributed by atoms with van der Waals surface area (Å²) < 4.78 is 14.4. The minimum atomic E-state index is -1.16. The number of nitrogens with zero attached hydrogens (tertiary/aromatic N) is 3. The van der Waals surface area contributed by atoms with Crippen LogP contribution in [0, 0.1) is 5.82 Å². The molecular formula is C17H12FN3O2. The molecule has 23 heavy (non-hydrogen) atoms. The van der Waals surface area contributed by atoms with Crippen molar-refractivity contribution >= 4 is 18.1 Å². The van der Waals surface area contributed by atoms with Crippen LogP contribution < -0.4 is 0 Å². The van der Waals surface area contributed by atoms with Gasteiger partial charge in [-0.15, -0.1) is 5.10 Å². The second-order valence-corrected chi connectivity index (χ2v) is 4.76. The number of para-hydroxylation sites is 1. The third kappa shape index (κ3) is 3.16. The highest BCUT2D eigenvalue weighted by molar-refractivity contribution is 5.90. The third-order valence-electron chi connectivity index (χ3n) is 3.21. The van der Waals surface area contributed by atoms with E-state index in [1.807, 2.05) is 18.2 Å². The van der Waals surface area contributed by atoms with Crippen molar-refractivity contribution in [1.29, 1.82) is 0 Å². The van der Waals surface area contributed by atoms with Crippen LogP contribution in [0.1, 0.15) is 21.7 Å². The summed E-state index contributed by atoms with van der Waals surface area (Å²) in [5, 5.41) is 16.9. The molecule has 0 saturated heterocycles. The van der Waals surface area contributed by atoms with E-state index in [9.17, 15) is 14.3 Å². The molecule has 0 spiro atoms. The van der Waals surface area contributed by atoms with Gasteiger partial charge in [0.25, 0.3) is 0 Å². The van der Waals surface area contributed by atoms with Crippen LogP contribution in [0.15, 0.2) is 54.6 Å². The lowest BCUT2D eigenvalue weighted by molar-refractivity contribution is 0.0690. The number of benzene rings is 2. The van der Waals surface area contributed by atoms with E-state index in [4.69, 9.17) is 0 Å². The highest BCUT2D eigenvalue weighted by atomic mass is 19.1. The zero-order chi connectivity index (χ0) is 16.2. The van der Waals surface area contributed by atoms with Gasteiger partial charge in [-0.2, -0.15) is 0 Å². The third-order valence-corrected chi connectivity index (χ3v) is 3.21. The first kappa shape index (κ1) is 14.6. The fourth-order valence-corrected chi connectivity index (χ4v) is 2.10. The lowest BCUT2D eigenvalue weighted by atomic mass is 10.2. The van der Waals surface area contributed by atoms with Gasteiger partial charge in [-0.3, -0.25) is 0 Å². The molecule has 1 N–H and O–H groups in total. The van der Waals surface area contributed by atoms with Gasteiger partial charge in [-0.25, -0.2) is 13.9 Å². The molecule has 2 aromatic carbocycles. The van der Waals surface area contributed by atoms with E-state index in [1.165, 1.54) is 16.8 Å². The molecule has 0 bridgehead atoms. The van der Waals surface area contributed by atoms with E-state index >= 15 is 0 Å². The quantitative estimate of drug-likeness (QED) is 0.803. The predicted octanol–water partition coefficient (Wildman–Crippen LogP) is 3.28. The second kappa shape index (κ2) is 6.23. The summed E-state index contributed by atoms with van der Waals surface area (Å²) in [6.45, 7) is 0. The van der Waals surface area contributed by atoms with Crippen molar-refractivity contribution in [3.05, 3.63) is 77.4 Å². The summed E-state index contributed by atoms with van der Waals surface area (Å²) in [5.41, 5.74) is 1.63. The van der Waals surface area contributed by atoms with Gasteiger partial charge in [0.05, 0.1) is 5.69 Å². The number of aromatic carboxylic acids is 1. The molecule has 1 aromatic heterocycles. The molecule has 0 amide bonds. The smallest absolute Gasteiger partial charge is 0.358 e. The average molecular weight is 309 g/mol. The van der Waals surface area contributed by atoms with Gasteiger partial charge >= 0.3 is 5.97 Å². The van der Waals surface area contributed by atoms with Crippen molar-refractivity contribution < 1.29 is 14.3 Å². The minimum Gasteiger partial charge on any atom is -0.476 e. The first-order valence-corrected chi connectivity index (χ1v) is 6.83. The van der Waals surface area contributed by atoms with Gasteiger partial charge in [0.1, 0.15) is 11.5 Å². The molecule has 114 valence electrons. The molecule has 3 rings (SSSR count). The Morgan fingerprint density at radius 2 is 1.74 bits per heavy atom. The van der Waals surface area contributed by atoms with Gasteiger partial charge in [0.15, 0.2) is 5.69 Å². The molecule has 0 unspecified atom stereocenters. The maximum Gasteiger partial charge on any atom is 0.358 e.